The highest BCUT2D eigenvalue weighted by Crippen LogP contribution is 1.97. The van der Waals surface area contributed by atoms with Crippen molar-refractivity contribution in [3.8, 4) is 0 Å². The first-order valence-electron chi connectivity index (χ1n) is 2.93. The average Bonchev–Trinajstić information content (AvgIpc) is 2.35. The number of furan rings is 1. The molecule has 1 aromatic heterocycles. The molecule has 0 aromatic carbocycles. The highest BCUT2D eigenvalue weighted by Gasteiger charge is 2.12. The zero-order valence-corrected chi connectivity index (χ0v) is 6.84. The van der Waals surface area contributed by atoms with Gasteiger partial charge in [0.1, 0.15) is 0 Å². The molecule has 0 aliphatic carbocycles. The molecule has 1 aromatic rings. The van der Waals surface area contributed by atoms with Crippen LogP contribution in [-0.2, 0) is 0 Å². The van der Waals surface area contributed by atoms with Gasteiger partial charge in [-0.15, -0.1) is 0 Å². The molecule has 1 heterocycles. The zero-order chi connectivity index (χ0) is 8.27. The average molecular weight is 190 g/mol. The minimum absolute atomic E-state index is 0. The summed E-state index contributed by atoms with van der Waals surface area (Å²) < 4.78 is 4.76. The summed E-state index contributed by atoms with van der Waals surface area (Å²) in [5.74, 6) is -0.417. The topological polar surface area (TPSA) is 93.9 Å². The van der Waals surface area contributed by atoms with Crippen molar-refractivity contribution in [2.45, 2.75) is 0 Å². The van der Waals surface area contributed by atoms with Crippen LogP contribution < -0.4 is 28.9 Å². The third-order valence-corrected chi connectivity index (χ3v) is 1.00. The van der Waals surface area contributed by atoms with E-state index in [-0.39, 0.29) is 24.1 Å². The van der Waals surface area contributed by atoms with Gasteiger partial charge in [-0.25, -0.2) is 10.1 Å². The van der Waals surface area contributed by atoms with Crippen molar-refractivity contribution < 1.29 is 27.0 Å². The Morgan fingerprint density at radius 1 is 1.67 bits per heavy atom. The lowest BCUT2D eigenvalue weighted by Crippen LogP contribution is -3.00. The molecular formula is C6H8ClN3O2. The number of rotatable bonds is 1. The van der Waals surface area contributed by atoms with Crippen LogP contribution in [0.15, 0.2) is 22.8 Å². The van der Waals surface area contributed by atoms with Crippen LogP contribution in [0.4, 0.5) is 0 Å². The van der Waals surface area contributed by atoms with Gasteiger partial charge in [-0.1, -0.05) is 0 Å². The standard InChI is InChI=1S/C6H7N3O2.ClH/c7-6(8)9-5(10)4-2-1-3-11-4;/h1-3H,(H4,7,8,9,10);1H. The molecule has 0 saturated carbocycles. The van der Waals surface area contributed by atoms with Gasteiger partial charge in [-0.3, -0.25) is 11.1 Å². The third-order valence-electron chi connectivity index (χ3n) is 1.00. The molecule has 6 heteroatoms. The van der Waals surface area contributed by atoms with E-state index < -0.39 is 5.91 Å². The summed E-state index contributed by atoms with van der Waals surface area (Å²) in [7, 11) is 0. The molecular weight excluding hydrogens is 182 g/mol. The van der Waals surface area contributed by atoms with Gasteiger partial charge < -0.3 is 16.8 Å². The molecule has 66 valence electrons. The van der Waals surface area contributed by atoms with Crippen LogP contribution in [0.25, 0.3) is 0 Å². The minimum Gasteiger partial charge on any atom is -1.00 e. The second-order valence-electron chi connectivity index (χ2n) is 1.89. The van der Waals surface area contributed by atoms with E-state index >= 15 is 0 Å². The molecule has 0 aliphatic rings. The van der Waals surface area contributed by atoms with Crippen LogP contribution in [0.2, 0.25) is 0 Å². The van der Waals surface area contributed by atoms with E-state index in [1.54, 1.807) is 6.07 Å². The molecule has 0 bridgehead atoms. The predicted octanol–water partition coefficient (Wildman–Crippen LogP) is -4.91. The molecule has 12 heavy (non-hydrogen) atoms. The van der Waals surface area contributed by atoms with Crippen molar-refractivity contribution in [2.24, 2.45) is 5.73 Å². The molecule has 5 N–H and O–H groups in total. The number of nitrogens with one attached hydrogen (secondary N) is 1. The Kier molecular flexibility index (Phi) is 3.85. The number of hydrogen-bond donors (Lipinski definition) is 3. The lowest BCUT2D eigenvalue weighted by molar-refractivity contribution is -0.119. The van der Waals surface area contributed by atoms with Gasteiger partial charge in [0, 0.05) is 0 Å². The monoisotopic (exact) mass is 189 g/mol. The van der Waals surface area contributed by atoms with Crippen molar-refractivity contribution in [1.29, 1.82) is 0 Å². The van der Waals surface area contributed by atoms with Crippen LogP contribution >= 0.6 is 0 Å². The van der Waals surface area contributed by atoms with E-state index in [0.29, 0.717) is 0 Å². The van der Waals surface area contributed by atoms with E-state index in [1.165, 1.54) is 12.3 Å². The Labute approximate surface area is 74.8 Å². The Balaban J connectivity index is 0.00000121. The highest BCUT2D eigenvalue weighted by molar-refractivity contribution is 6.01. The Bertz CT molecular complexity index is 270. The van der Waals surface area contributed by atoms with Gasteiger partial charge in [-0.2, -0.15) is 0 Å². The second kappa shape index (κ2) is 4.40. The normalized spacial score (nSPS) is 8.33. The summed E-state index contributed by atoms with van der Waals surface area (Å²) in [4.78, 5) is 10.9. The number of nitrogens with two attached hydrogens (primary N) is 2. The fourth-order valence-corrected chi connectivity index (χ4v) is 0.600. The molecule has 0 spiro atoms. The lowest BCUT2D eigenvalue weighted by Gasteiger charge is -1.90. The van der Waals surface area contributed by atoms with Crippen molar-refractivity contribution in [3.05, 3.63) is 24.2 Å². The fourth-order valence-electron chi connectivity index (χ4n) is 0.600. The zero-order valence-electron chi connectivity index (χ0n) is 6.08. The van der Waals surface area contributed by atoms with Crippen molar-refractivity contribution >= 4 is 11.9 Å². The van der Waals surface area contributed by atoms with E-state index in [4.69, 9.17) is 15.6 Å². The van der Waals surface area contributed by atoms with Gasteiger partial charge in [-0.05, 0) is 12.1 Å². The molecule has 0 unspecified atom stereocenters. The van der Waals surface area contributed by atoms with Gasteiger partial charge >= 0.3 is 11.9 Å². The number of amides is 1. The Morgan fingerprint density at radius 3 is 2.75 bits per heavy atom. The number of carbonyl (C=O) groups is 1. The van der Waals surface area contributed by atoms with Gasteiger partial charge in [0.15, 0.2) is 0 Å². The maximum absolute atomic E-state index is 10.9. The third kappa shape index (κ3) is 2.63. The van der Waals surface area contributed by atoms with Crippen molar-refractivity contribution in [3.63, 3.8) is 0 Å². The molecule has 0 fully saturated rings. The van der Waals surface area contributed by atoms with E-state index in [9.17, 15) is 4.79 Å². The Morgan fingerprint density at radius 2 is 2.33 bits per heavy atom. The van der Waals surface area contributed by atoms with Crippen molar-refractivity contribution in [2.75, 3.05) is 0 Å². The SMILES string of the molecule is NC(=[NH2+])NC(=O)c1ccco1.[Cl-]. The highest BCUT2D eigenvalue weighted by atomic mass is 35.5. The maximum Gasteiger partial charge on any atom is 0.349 e. The molecule has 0 saturated heterocycles. The first-order valence-corrected chi connectivity index (χ1v) is 2.93. The largest absolute Gasteiger partial charge is 1.00 e. The number of hydrogen-bond acceptors (Lipinski definition) is 2. The van der Waals surface area contributed by atoms with Gasteiger partial charge in [0.25, 0.3) is 0 Å². The van der Waals surface area contributed by atoms with Gasteiger partial charge in [0.05, 0.1) is 6.26 Å². The quantitative estimate of drug-likeness (QED) is 0.305. The Hall–Kier alpha value is -1.49. The summed E-state index contributed by atoms with van der Waals surface area (Å²) in [5, 5.41) is 7.20. The summed E-state index contributed by atoms with van der Waals surface area (Å²) in [5.41, 5.74) is 5.02. The maximum atomic E-state index is 10.9. The summed E-state index contributed by atoms with van der Waals surface area (Å²) in [6, 6.07) is 3.11. The molecule has 1 rings (SSSR count). The lowest BCUT2D eigenvalue weighted by atomic mass is 10.4. The molecule has 0 radical (unpaired) electrons. The number of carbonyl (C=O) groups excluding carboxylic acids is 1. The van der Waals surface area contributed by atoms with Crippen LogP contribution in [0, 0.1) is 0 Å². The van der Waals surface area contributed by atoms with Crippen LogP contribution in [-0.4, -0.2) is 11.9 Å². The first-order chi connectivity index (χ1) is 5.20. The fraction of sp³-hybridized carbons (Fsp3) is 0. The van der Waals surface area contributed by atoms with Crippen LogP contribution in [0.3, 0.4) is 0 Å². The van der Waals surface area contributed by atoms with E-state index in [0.717, 1.165) is 0 Å². The van der Waals surface area contributed by atoms with E-state index in [1.807, 2.05) is 0 Å². The first kappa shape index (κ1) is 10.5. The second-order valence-corrected chi connectivity index (χ2v) is 1.89. The summed E-state index contributed by atoms with van der Waals surface area (Å²) >= 11 is 0. The van der Waals surface area contributed by atoms with Crippen molar-refractivity contribution in [1.82, 2.24) is 5.32 Å². The smallest absolute Gasteiger partial charge is 0.349 e. The molecule has 0 atom stereocenters. The minimum atomic E-state index is -0.449. The molecule has 5 nitrogen and oxygen atoms in total. The van der Waals surface area contributed by atoms with Crippen LogP contribution in [0.1, 0.15) is 10.6 Å². The molecule has 1 amide bonds. The predicted molar refractivity (Wildman–Crippen MR) is 37.3 cm³/mol. The number of guanidine groups is 1. The molecule has 0 aliphatic heterocycles. The van der Waals surface area contributed by atoms with E-state index in [2.05, 4.69) is 5.32 Å². The van der Waals surface area contributed by atoms with Crippen LogP contribution in [0.5, 0.6) is 0 Å². The van der Waals surface area contributed by atoms with Gasteiger partial charge in [0.2, 0.25) is 5.76 Å². The summed E-state index contributed by atoms with van der Waals surface area (Å²) in [6.45, 7) is 0. The number of halogens is 1. The summed E-state index contributed by atoms with van der Waals surface area (Å²) in [6.07, 6.45) is 1.39.